The fourth-order valence-corrected chi connectivity index (χ4v) is 8.83. The Balaban J connectivity index is 1.68. The average molecular weight is 705 g/mol. The molecule has 0 spiro atoms. The number of likely N-dealkylation sites (N-methyl/N-ethyl adjacent to an activating group) is 1. The summed E-state index contributed by atoms with van der Waals surface area (Å²) in [4.78, 5) is 29.9. The molecule has 0 radical (unpaired) electrons. The molecule has 11 heteroatoms. The lowest BCUT2D eigenvalue weighted by Gasteiger charge is -2.47. The van der Waals surface area contributed by atoms with Crippen molar-refractivity contribution >= 4 is 11.8 Å². The lowest BCUT2D eigenvalue weighted by molar-refractivity contribution is -0.295. The number of benzene rings is 1. The molecule has 1 aromatic carbocycles. The van der Waals surface area contributed by atoms with Gasteiger partial charge in [0.05, 0.1) is 29.5 Å². The maximum atomic E-state index is 14.2. The van der Waals surface area contributed by atoms with Crippen LogP contribution in [0.3, 0.4) is 0 Å². The van der Waals surface area contributed by atoms with Crippen LogP contribution in [0.1, 0.15) is 86.6 Å². The molecule has 0 bridgehead atoms. The fraction of sp³-hybridized carbons (Fsp3) is 0.795. The van der Waals surface area contributed by atoms with Crippen molar-refractivity contribution < 1.29 is 43.5 Å². The van der Waals surface area contributed by atoms with Gasteiger partial charge in [-0.05, 0) is 92.4 Å². The first-order valence-corrected chi connectivity index (χ1v) is 18.5. The number of carbonyl (C=O) groups excluding carboxylic acids is 2. The van der Waals surface area contributed by atoms with Crippen molar-refractivity contribution in [2.24, 2.45) is 23.7 Å². The minimum absolute atomic E-state index is 0.0810. The molecular weight excluding hydrogens is 640 g/mol. The zero-order chi connectivity index (χ0) is 37.2. The van der Waals surface area contributed by atoms with Gasteiger partial charge in [0, 0.05) is 31.5 Å². The number of esters is 1. The zero-order valence-electron chi connectivity index (χ0n) is 32.2. The van der Waals surface area contributed by atoms with Crippen LogP contribution in [0.4, 0.5) is 0 Å². The van der Waals surface area contributed by atoms with Crippen molar-refractivity contribution in [3.05, 3.63) is 35.9 Å². The molecule has 3 N–H and O–H groups in total. The van der Waals surface area contributed by atoms with E-state index in [4.69, 9.17) is 23.7 Å². The van der Waals surface area contributed by atoms with Gasteiger partial charge in [0.1, 0.15) is 23.7 Å². The highest BCUT2D eigenvalue weighted by atomic mass is 16.7. The topological polar surface area (TPSA) is 139 Å². The lowest BCUT2D eigenvalue weighted by Crippen LogP contribution is -2.59. The number of epoxide rings is 1. The number of Topliss-reactive ketones (excluding diaryl/α,β-unsaturated/α-hetero) is 1. The highest BCUT2D eigenvalue weighted by Gasteiger charge is 2.65. The number of aliphatic hydroxyl groups excluding tert-OH is 1. The fourth-order valence-electron chi connectivity index (χ4n) is 8.83. The minimum Gasteiger partial charge on any atom is -0.459 e. The van der Waals surface area contributed by atoms with Gasteiger partial charge in [0.2, 0.25) is 0 Å². The summed E-state index contributed by atoms with van der Waals surface area (Å²) in [6, 6.07) is 9.91. The van der Waals surface area contributed by atoms with E-state index in [1.165, 1.54) is 0 Å². The van der Waals surface area contributed by atoms with Crippen molar-refractivity contribution in [2.75, 3.05) is 27.7 Å². The van der Waals surface area contributed by atoms with Crippen molar-refractivity contribution in [2.45, 2.75) is 147 Å². The molecule has 1 aromatic rings. The highest BCUT2D eigenvalue weighted by Crippen LogP contribution is 2.54. The third-order valence-corrected chi connectivity index (χ3v) is 11.9. The van der Waals surface area contributed by atoms with E-state index in [0.29, 0.717) is 38.8 Å². The molecular formula is C39H64N2O9. The smallest absolute Gasteiger partial charge is 0.316 e. The van der Waals surface area contributed by atoms with E-state index in [0.717, 1.165) is 5.56 Å². The van der Waals surface area contributed by atoms with Crippen LogP contribution in [0, 0.1) is 23.7 Å². The van der Waals surface area contributed by atoms with Crippen molar-refractivity contribution in [1.82, 2.24) is 10.2 Å². The van der Waals surface area contributed by atoms with E-state index in [2.05, 4.69) is 24.4 Å². The number of fused-ring (bicyclic) bond motifs is 1. The first-order chi connectivity index (χ1) is 23.4. The van der Waals surface area contributed by atoms with Gasteiger partial charge in [-0.15, -0.1) is 0 Å². The predicted octanol–water partition coefficient (Wildman–Crippen LogP) is 4.11. The molecule has 3 heterocycles. The summed E-state index contributed by atoms with van der Waals surface area (Å²) in [5.41, 5.74) is -2.07. The summed E-state index contributed by atoms with van der Waals surface area (Å²) >= 11 is 0. The Kier molecular flexibility index (Phi) is 13.4. The monoisotopic (exact) mass is 704 g/mol. The molecule has 11 nitrogen and oxygen atoms in total. The quantitative estimate of drug-likeness (QED) is 0.140. The summed E-state index contributed by atoms with van der Waals surface area (Å²) in [6.07, 6.45) is -2.21. The Morgan fingerprint density at radius 1 is 1.06 bits per heavy atom. The summed E-state index contributed by atoms with van der Waals surface area (Å²) in [5.74, 6) is -3.54. The molecule has 0 saturated carbocycles. The number of ketones is 1. The molecule has 3 aliphatic rings. The second-order valence-electron chi connectivity index (χ2n) is 16.0. The van der Waals surface area contributed by atoms with Crippen LogP contribution in [-0.4, -0.2) is 114 Å². The molecule has 3 saturated heterocycles. The van der Waals surface area contributed by atoms with E-state index in [1.54, 1.807) is 27.9 Å². The van der Waals surface area contributed by atoms with Gasteiger partial charge < -0.3 is 44.1 Å². The van der Waals surface area contributed by atoms with Crippen molar-refractivity contribution in [3.8, 4) is 0 Å². The van der Waals surface area contributed by atoms with Crippen LogP contribution < -0.4 is 5.32 Å². The number of aliphatic hydroxyl groups is 2. The Morgan fingerprint density at radius 2 is 1.72 bits per heavy atom. The second-order valence-corrected chi connectivity index (χ2v) is 16.0. The van der Waals surface area contributed by atoms with E-state index in [-0.39, 0.29) is 30.0 Å². The van der Waals surface area contributed by atoms with Gasteiger partial charge in [-0.1, -0.05) is 51.1 Å². The first-order valence-electron chi connectivity index (χ1n) is 18.5. The summed E-state index contributed by atoms with van der Waals surface area (Å²) in [5, 5.41) is 27.2. The number of hydrogen-bond acceptors (Lipinski definition) is 11. The third kappa shape index (κ3) is 8.63. The van der Waals surface area contributed by atoms with Crippen LogP contribution in [0.15, 0.2) is 30.3 Å². The second kappa shape index (κ2) is 16.4. The number of rotatable bonds is 10. The maximum Gasteiger partial charge on any atom is 0.316 e. The molecule has 4 rings (SSSR count). The maximum absolute atomic E-state index is 14.2. The SMILES string of the molecule is CC[C@H]1OC(=O)C(C)C(=O)[C@H](C)[C@@H](O[C@@H]2O[C@H](C)C[C@H](N(C)C)[C@H]2O)[C@](C)(OC)C[C@@H](C)C2OC2(C)[C@@H](CCNCc2ccccc2)[C@]1(C)O. The van der Waals surface area contributed by atoms with Crippen molar-refractivity contribution in [3.63, 3.8) is 0 Å². The largest absolute Gasteiger partial charge is 0.459 e. The number of nitrogens with one attached hydrogen (secondary N) is 1. The van der Waals surface area contributed by atoms with Gasteiger partial charge in [-0.25, -0.2) is 0 Å². The number of cyclic esters (lactones) is 1. The Morgan fingerprint density at radius 3 is 2.32 bits per heavy atom. The highest BCUT2D eigenvalue weighted by molar-refractivity contribution is 6.00. The van der Waals surface area contributed by atoms with Crippen molar-refractivity contribution in [1.29, 1.82) is 0 Å². The molecule has 3 fully saturated rings. The van der Waals surface area contributed by atoms with Crippen LogP contribution in [0.5, 0.6) is 0 Å². The average Bonchev–Trinajstić information content (AvgIpc) is 3.77. The number of carbonyl (C=O) groups is 2. The van der Waals surface area contributed by atoms with E-state index >= 15 is 0 Å². The molecule has 14 atom stereocenters. The molecule has 0 aromatic heterocycles. The van der Waals surface area contributed by atoms with Crippen LogP contribution in [0.25, 0.3) is 0 Å². The van der Waals surface area contributed by atoms with Gasteiger partial charge in [-0.2, -0.15) is 0 Å². The predicted molar refractivity (Wildman–Crippen MR) is 190 cm³/mol. The molecule has 50 heavy (non-hydrogen) atoms. The standard InChI is InChI=1S/C39H64N2O9/c1-12-30-38(7,45)29(18-19-40-22-27-16-14-13-15-17-27)39(8)33(50-39)23(2)21-37(6,46-11)34(25(4)31(42)26(5)35(44)48-30)49-36-32(43)28(41(9)10)20-24(3)47-36/h13-17,23-26,28-30,32-34,36,40,43,45H,12,18-22H2,1-11H3/t23-,24-,25+,26?,28+,29+,30-,32-,33?,34-,36+,37-,38+,39?/m1/s1. The Labute approximate surface area is 299 Å². The van der Waals surface area contributed by atoms with Crippen LogP contribution >= 0.6 is 0 Å². The first kappa shape index (κ1) is 40.8. The number of nitrogens with zero attached hydrogens (tertiary/aromatic N) is 1. The zero-order valence-corrected chi connectivity index (χ0v) is 32.2. The molecule has 0 aliphatic carbocycles. The van der Waals surface area contributed by atoms with E-state index in [9.17, 15) is 19.8 Å². The molecule has 3 aliphatic heterocycles. The van der Waals surface area contributed by atoms with Gasteiger partial charge >= 0.3 is 5.97 Å². The third-order valence-electron chi connectivity index (χ3n) is 11.9. The van der Waals surface area contributed by atoms with Gasteiger partial charge in [0.15, 0.2) is 12.1 Å². The van der Waals surface area contributed by atoms with E-state index in [1.807, 2.05) is 64.9 Å². The van der Waals surface area contributed by atoms with Gasteiger partial charge in [0.25, 0.3) is 0 Å². The molecule has 284 valence electrons. The normalized spacial score (nSPS) is 43.2. The minimum atomic E-state index is -1.45. The number of methoxy groups -OCH3 is 1. The van der Waals surface area contributed by atoms with Gasteiger partial charge in [-0.3, -0.25) is 9.59 Å². The Hall–Kier alpha value is -1.96. The summed E-state index contributed by atoms with van der Waals surface area (Å²) in [6.45, 7) is 16.1. The molecule has 3 unspecified atom stereocenters. The van der Waals surface area contributed by atoms with E-state index < -0.39 is 65.1 Å². The molecule has 0 amide bonds. The Bertz CT molecular complexity index is 1280. The summed E-state index contributed by atoms with van der Waals surface area (Å²) < 4.78 is 31.7. The lowest BCUT2D eigenvalue weighted by atomic mass is 9.69. The number of hydrogen-bond donors (Lipinski definition) is 3. The summed E-state index contributed by atoms with van der Waals surface area (Å²) in [7, 11) is 5.41. The number of ether oxygens (including phenoxy) is 5. The van der Waals surface area contributed by atoms with Crippen LogP contribution in [-0.2, 0) is 39.8 Å². The van der Waals surface area contributed by atoms with Crippen LogP contribution in [0.2, 0.25) is 0 Å².